The van der Waals surface area contributed by atoms with Crippen molar-refractivity contribution in [3.8, 4) is 5.75 Å². The first kappa shape index (κ1) is 9.46. The molecule has 14 heavy (non-hydrogen) atoms. The van der Waals surface area contributed by atoms with Crippen LogP contribution in [-0.2, 0) is 5.67 Å². The van der Waals surface area contributed by atoms with Crippen LogP contribution in [0.15, 0.2) is 24.3 Å². The van der Waals surface area contributed by atoms with Gasteiger partial charge in [-0.15, -0.1) is 0 Å². The Bertz CT molecular complexity index is 323. The number of rotatable bonds is 3. The number of benzene rings is 1. The molecule has 1 saturated heterocycles. The molecule has 1 heterocycles. The molecule has 1 aromatic rings. The van der Waals surface area contributed by atoms with E-state index in [1.165, 1.54) is 0 Å². The first-order valence-corrected chi connectivity index (χ1v) is 4.87. The van der Waals surface area contributed by atoms with Gasteiger partial charge >= 0.3 is 0 Å². The molecule has 0 aromatic heterocycles. The van der Waals surface area contributed by atoms with Gasteiger partial charge in [-0.3, -0.25) is 0 Å². The van der Waals surface area contributed by atoms with Crippen LogP contribution in [0.1, 0.15) is 12.5 Å². The lowest BCUT2D eigenvalue weighted by Gasteiger charge is -2.35. The second-order valence-electron chi connectivity index (χ2n) is 3.53. The maximum Gasteiger partial charge on any atom is 0.160 e. The molecule has 0 bridgehead atoms. The van der Waals surface area contributed by atoms with E-state index in [1.54, 1.807) is 6.07 Å². The lowest BCUT2D eigenvalue weighted by molar-refractivity contribution is 0.0888. The zero-order valence-electron chi connectivity index (χ0n) is 8.22. The molecule has 0 radical (unpaired) electrons. The summed E-state index contributed by atoms with van der Waals surface area (Å²) < 4.78 is 19.3. The lowest BCUT2D eigenvalue weighted by Crippen LogP contribution is -2.53. The van der Waals surface area contributed by atoms with Gasteiger partial charge < -0.3 is 10.1 Å². The fourth-order valence-corrected chi connectivity index (χ4v) is 1.58. The standard InChI is InChI=1S/C11H14FNO/c1-2-14-10-5-3-4-9(6-10)11(12)7-13-8-11/h3-6,13H,2,7-8H2,1H3. The molecule has 76 valence electrons. The average molecular weight is 195 g/mol. The van der Waals surface area contributed by atoms with Gasteiger partial charge in [0.1, 0.15) is 5.75 Å². The molecule has 1 aliphatic heterocycles. The summed E-state index contributed by atoms with van der Waals surface area (Å²) in [5.74, 6) is 0.744. The third-order valence-electron chi connectivity index (χ3n) is 2.47. The van der Waals surface area contributed by atoms with E-state index >= 15 is 0 Å². The predicted molar refractivity (Wildman–Crippen MR) is 53.3 cm³/mol. The molecule has 0 unspecified atom stereocenters. The van der Waals surface area contributed by atoms with Crippen molar-refractivity contribution in [2.75, 3.05) is 19.7 Å². The molecule has 1 aliphatic rings. The van der Waals surface area contributed by atoms with E-state index in [4.69, 9.17) is 4.74 Å². The largest absolute Gasteiger partial charge is 0.494 e. The van der Waals surface area contributed by atoms with E-state index in [2.05, 4.69) is 5.32 Å². The van der Waals surface area contributed by atoms with Crippen LogP contribution < -0.4 is 10.1 Å². The molecule has 1 N–H and O–H groups in total. The summed E-state index contributed by atoms with van der Waals surface area (Å²) in [6, 6.07) is 7.27. The van der Waals surface area contributed by atoms with Crippen LogP contribution in [0.2, 0.25) is 0 Å². The van der Waals surface area contributed by atoms with Crippen LogP contribution in [0, 0.1) is 0 Å². The third kappa shape index (κ3) is 1.60. The monoisotopic (exact) mass is 195 g/mol. The van der Waals surface area contributed by atoms with Gasteiger partial charge in [-0.05, 0) is 24.6 Å². The number of halogens is 1. The minimum atomic E-state index is -1.19. The van der Waals surface area contributed by atoms with E-state index in [-0.39, 0.29) is 0 Å². The quantitative estimate of drug-likeness (QED) is 0.794. The number of alkyl halides is 1. The number of nitrogens with one attached hydrogen (secondary N) is 1. The minimum absolute atomic E-state index is 0.405. The summed E-state index contributed by atoms with van der Waals surface area (Å²) in [6.45, 7) is 3.34. The van der Waals surface area contributed by atoms with Crippen molar-refractivity contribution >= 4 is 0 Å². The van der Waals surface area contributed by atoms with Crippen molar-refractivity contribution in [1.82, 2.24) is 5.32 Å². The highest BCUT2D eigenvalue weighted by molar-refractivity contribution is 5.34. The van der Waals surface area contributed by atoms with Gasteiger partial charge in [0.05, 0.1) is 6.61 Å². The second kappa shape index (κ2) is 3.58. The lowest BCUT2D eigenvalue weighted by atomic mass is 9.90. The molecule has 3 heteroatoms. The highest BCUT2D eigenvalue weighted by Crippen LogP contribution is 2.31. The molecule has 0 spiro atoms. The molecule has 0 aliphatic carbocycles. The normalized spacial score (nSPS) is 18.7. The maximum absolute atomic E-state index is 13.9. The van der Waals surface area contributed by atoms with E-state index in [1.807, 2.05) is 25.1 Å². The molecule has 0 saturated carbocycles. The molecular formula is C11H14FNO. The van der Waals surface area contributed by atoms with Crippen molar-refractivity contribution in [3.05, 3.63) is 29.8 Å². The number of hydrogen-bond donors (Lipinski definition) is 1. The second-order valence-corrected chi connectivity index (χ2v) is 3.53. The smallest absolute Gasteiger partial charge is 0.160 e. The molecule has 1 aromatic carbocycles. The maximum atomic E-state index is 13.9. The SMILES string of the molecule is CCOc1cccc(C2(F)CNC2)c1. The molecule has 0 atom stereocenters. The van der Waals surface area contributed by atoms with Crippen LogP contribution in [0.3, 0.4) is 0 Å². The van der Waals surface area contributed by atoms with Gasteiger partial charge in [-0.25, -0.2) is 4.39 Å². The average Bonchev–Trinajstić information content (AvgIpc) is 2.15. The Morgan fingerprint density at radius 1 is 1.50 bits per heavy atom. The predicted octanol–water partition coefficient (Wildman–Crippen LogP) is 1.85. The van der Waals surface area contributed by atoms with Gasteiger partial charge in [0.25, 0.3) is 0 Å². The Kier molecular flexibility index (Phi) is 2.42. The van der Waals surface area contributed by atoms with Crippen LogP contribution in [0.5, 0.6) is 5.75 Å². The Labute approximate surface area is 83.1 Å². The molecule has 1 fully saturated rings. The van der Waals surface area contributed by atoms with Gasteiger partial charge in [0, 0.05) is 13.1 Å². The van der Waals surface area contributed by atoms with Crippen LogP contribution in [0.4, 0.5) is 4.39 Å². The zero-order valence-corrected chi connectivity index (χ0v) is 8.22. The van der Waals surface area contributed by atoms with Crippen molar-refractivity contribution < 1.29 is 9.13 Å². The van der Waals surface area contributed by atoms with Gasteiger partial charge in [-0.2, -0.15) is 0 Å². The van der Waals surface area contributed by atoms with Gasteiger partial charge in [0.15, 0.2) is 5.67 Å². The van der Waals surface area contributed by atoms with Crippen LogP contribution in [-0.4, -0.2) is 19.7 Å². The van der Waals surface area contributed by atoms with Crippen LogP contribution >= 0.6 is 0 Å². The van der Waals surface area contributed by atoms with E-state index < -0.39 is 5.67 Å². The molecule has 0 amide bonds. The zero-order chi connectivity index (χ0) is 10.0. The summed E-state index contributed by atoms with van der Waals surface area (Å²) >= 11 is 0. The Morgan fingerprint density at radius 3 is 2.86 bits per heavy atom. The Morgan fingerprint density at radius 2 is 2.29 bits per heavy atom. The molecular weight excluding hydrogens is 181 g/mol. The summed E-state index contributed by atoms with van der Waals surface area (Å²) in [6.07, 6.45) is 0. The number of ether oxygens (including phenoxy) is 1. The molecule has 2 rings (SSSR count). The summed E-state index contributed by atoms with van der Waals surface area (Å²) in [7, 11) is 0. The van der Waals surface area contributed by atoms with E-state index in [9.17, 15) is 4.39 Å². The van der Waals surface area contributed by atoms with E-state index in [0.717, 1.165) is 5.75 Å². The fourth-order valence-electron chi connectivity index (χ4n) is 1.58. The minimum Gasteiger partial charge on any atom is -0.494 e. The summed E-state index contributed by atoms with van der Waals surface area (Å²) in [4.78, 5) is 0. The van der Waals surface area contributed by atoms with Crippen molar-refractivity contribution in [2.24, 2.45) is 0 Å². The highest BCUT2D eigenvalue weighted by atomic mass is 19.1. The fraction of sp³-hybridized carbons (Fsp3) is 0.455. The highest BCUT2D eigenvalue weighted by Gasteiger charge is 2.38. The Hall–Kier alpha value is -1.09. The first-order valence-electron chi connectivity index (χ1n) is 4.87. The third-order valence-corrected chi connectivity index (χ3v) is 2.47. The van der Waals surface area contributed by atoms with Gasteiger partial charge in [0.2, 0.25) is 0 Å². The summed E-state index contributed by atoms with van der Waals surface area (Å²) in [5.41, 5.74) is -0.477. The summed E-state index contributed by atoms with van der Waals surface area (Å²) in [5, 5.41) is 2.94. The van der Waals surface area contributed by atoms with E-state index in [0.29, 0.717) is 25.3 Å². The van der Waals surface area contributed by atoms with Crippen LogP contribution in [0.25, 0.3) is 0 Å². The topological polar surface area (TPSA) is 21.3 Å². The first-order chi connectivity index (χ1) is 6.74. The van der Waals surface area contributed by atoms with Crippen molar-refractivity contribution in [2.45, 2.75) is 12.6 Å². The van der Waals surface area contributed by atoms with Gasteiger partial charge in [-0.1, -0.05) is 12.1 Å². The number of hydrogen-bond acceptors (Lipinski definition) is 2. The van der Waals surface area contributed by atoms with Crippen molar-refractivity contribution in [3.63, 3.8) is 0 Å². The Balaban J connectivity index is 2.21. The molecule has 2 nitrogen and oxygen atoms in total. The van der Waals surface area contributed by atoms with Crippen molar-refractivity contribution in [1.29, 1.82) is 0 Å².